The Morgan fingerprint density at radius 2 is 1.58 bits per heavy atom. The maximum Gasteiger partial charge on any atom is 0.343 e. The predicted octanol–water partition coefficient (Wildman–Crippen LogP) is 1.60. The second-order valence-electron chi connectivity index (χ2n) is 6.81. The molecule has 6 rings (SSSR count). The quantitative estimate of drug-likeness (QED) is 0.350. The second kappa shape index (κ2) is 2.92. The first kappa shape index (κ1) is 10.9. The Kier molecular flexibility index (Phi) is 1.67. The van der Waals surface area contributed by atoms with E-state index in [9.17, 15) is 19.8 Å². The highest BCUT2D eigenvalue weighted by Gasteiger charge is 2.82. The van der Waals surface area contributed by atoms with Crippen LogP contribution in [-0.2, 0) is 9.59 Å². The van der Waals surface area contributed by atoms with Crippen LogP contribution in [0.25, 0.3) is 0 Å². The van der Waals surface area contributed by atoms with Gasteiger partial charge in [-0.2, -0.15) is 0 Å². The number of aliphatic carboxylic acids is 2. The summed E-state index contributed by atoms with van der Waals surface area (Å²) in [4.78, 5) is 23.2. The second-order valence-corrected chi connectivity index (χ2v) is 7.87. The number of halogens is 1. The zero-order valence-corrected chi connectivity index (χ0v) is 11.6. The fourth-order valence-corrected chi connectivity index (χ4v) is 8.37. The molecule has 6 aliphatic rings. The van der Waals surface area contributed by atoms with Gasteiger partial charge in [0.1, 0.15) is 5.57 Å². The molecule has 0 unspecified atom stereocenters. The van der Waals surface area contributed by atoms with Crippen LogP contribution in [0.3, 0.4) is 0 Å². The van der Waals surface area contributed by atoms with E-state index >= 15 is 0 Å². The Balaban J connectivity index is 1.77. The standard InChI is InChI=1S/C14H13BrO4/c15-12-7-3-1-2-4-5(3)10(12)8(6(2)7)9(4)11(13(16)17)14(18)19/h2-8,10,12H,1H2,(H,16,17)(H,18,19)/t2-,3-,4-,5+,6+,7-,8-,10-,12+/m0/s1. The average Bonchev–Trinajstić information content (AvgIpc) is 3.01. The first-order chi connectivity index (χ1) is 9.04. The minimum Gasteiger partial charge on any atom is -0.477 e. The molecule has 0 aromatic heterocycles. The van der Waals surface area contributed by atoms with Gasteiger partial charge in [-0.25, -0.2) is 9.59 Å². The van der Waals surface area contributed by atoms with E-state index in [0.29, 0.717) is 34.4 Å². The SMILES string of the molecule is O=C(O)C(C(=O)O)=C1[C@H]2[C@@H]3C[C@H]4[C@H]2[C@@H]2[C@H](Br)[C@@H]4[C@@H]3[C@@H]12. The molecular formula is C14H13BrO4. The average molecular weight is 325 g/mol. The summed E-state index contributed by atoms with van der Waals surface area (Å²) in [5.41, 5.74) is 0.495. The summed E-state index contributed by atoms with van der Waals surface area (Å²) in [7, 11) is 0. The minimum atomic E-state index is -1.25. The minimum absolute atomic E-state index is 0.246. The molecule has 0 radical (unpaired) electrons. The molecule has 4 nitrogen and oxygen atoms in total. The van der Waals surface area contributed by atoms with Crippen LogP contribution in [0.1, 0.15) is 6.42 Å². The molecule has 0 amide bonds. The van der Waals surface area contributed by atoms with Crippen molar-refractivity contribution in [1.82, 2.24) is 0 Å². The van der Waals surface area contributed by atoms with Gasteiger partial charge in [0, 0.05) is 4.83 Å². The largest absolute Gasteiger partial charge is 0.477 e. The zero-order valence-electron chi connectivity index (χ0n) is 9.99. The highest BCUT2D eigenvalue weighted by Crippen LogP contribution is 2.85. The van der Waals surface area contributed by atoms with Crippen LogP contribution in [0.5, 0.6) is 0 Å². The molecule has 0 saturated heterocycles. The van der Waals surface area contributed by atoms with E-state index in [1.807, 2.05) is 0 Å². The molecule has 6 fully saturated rings. The van der Waals surface area contributed by atoms with Gasteiger partial charge < -0.3 is 10.2 Å². The highest BCUT2D eigenvalue weighted by molar-refractivity contribution is 9.09. The molecule has 0 spiro atoms. The van der Waals surface area contributed by atoms with Gasteiger partial charge in [-0.05, 0) is 59.3 Å². The Hall–Kier alpha value is -0.840. The Bertz CT molecular complexity index is 564. The molecule has 0 aromatic rings. The van der Waals surface area contributed by atoms with Crippen LogP contribution in [0.2, 0.25) is 0 Å². The molecule has 2 N–H and O–H groups in total. The van der Waals surface area contributed by atoms with Gasteiger partial charge in [0.05, 0.1) is 0 Å². The molecule has 6 bridgehead atoms. The monoisotopic (exact) mass is 324 g/mol. The Morgan fingerprint density at radius 1 is 0.947 bits per heavy atom. The maximum atomic E-state index is 11.4. The Labute approximate surface area is 118 Å². The van der Waals surface area contributed by atoms with Crippen molar-refractivity contribution in [2.24, 2.45) is 47.3 Å². The van der Waals surface area contributed by atoms with Crippen LogP contribution in [0.15, 0.2) is 11.1 Å². The molecule has 9 atom stereocenters. The van der Waals surface area contributed by atoms with E-state index in [2.05, 4.69) is 15.9 Å². The smallest absolute Gasteiger partial charge is 0.343 e. The van der Waals surface area contributed by atoms with Crippen molar-refractivity contribution in [2.75, 3.05) is 0 Å². The molecule has 6 aliphatic carbocycles. The zero-order chi connectivity index (χ0) is 13.2. The Morgan fingerprint density at radius 3 is 2.16 bits per heavy atom. The van der Waals surface area contributed by atoms with Crippen molar-refractivity contribution in [3.8, 4) is 0 Å². The van der Waals surface area contributed by atoms with E-state index < -0.39 is 11.9 Å². The fraction of sp³-hybridized carbons (Fsp3) is 0.714. The first-order valence-corrected chi connectivity index (χ1v) is 7.80. The topological polar surface area (TPSA) is 74.6 Å². The number of allylic oxidation sites excluding steroid dienone is 1. The van der Waals surface area contributed by atoms with Crippen molar-refractivity contribution in [1.29, 1.82) is 0 Å². The normalized spacial score (nSPS) is 57.7. The first-order valence-electron chi connectivity index (χ1n) is 6.88. The van der Waals surface area contributed by atoms with Gasteiger partial charge in [-0.1, -0.05) is 15.9 Å². The molecule has 6 saturated carbocycles. The summed E-state index contributed by atoms with van der Waals surface area (Å²) < 4.78 is 0. The lowest BCUT2D eigenvalue weighted by molar-refractivity contribution is -0.140. The number of alkyl halides is 1. The van der Waals surface area contributed by atoms with Gasteiger partial charge >= 0.3 is 11.9 Å². The van der Waals surface area contributed by atoms with Crippen molar-refractivity contribution in [3.63, 3.8) is 0 Å². The molecule has 5 heteroatoms. The van der Waals surface area contributed by atoms with Crippen LogP contribution in [0, 0.1) is 47.3 Å². The van der Waals surface area contributed by atoms with Crippen LogP contribution in [-0.4, -0.2) is 27.0 Å². The maximum absolute atomic E-state index is 11.4. The van der Waals surface area contributed by atoms with Gasteiger partial charge in [0.25, 0.3) is 0 Å². The summed E-state index contributed by atoms with van der Waals surface area (Å²) in [5.74, 6) is 1.65. The van der Waals surface area contributed by atoms with Gasteiger partial charge in [0.15, 0.2) is 0 Å². The summed E-state index contributed by atoms with van der Waals surface area (Å²) in [6.07, 6.45) is 1.20. The fourth-order valence-electron chi connectivity index (χ4n) is 6.94. The molecule has 19 heavy (non-hydrogen) atoms. The van der Waals surface area contributed by atoms with E-state index in [1.165, 1.54) is 6.42 Å². The van der Waals surface area contributed by atoms with E-state index in [-0.39, 0.29) is 17.4 Å². The molecule has 0 heterocycles. The van der Waals surface area contributed by atoms with Gasteiger partial charge in [-0.3, -0.25) is 0 Å². The van der Waals surface area contributed by atoms with Gasteiger partial charge in [0.2, 0.25) is 0 Å². The van der Waals surface area contributed by atoms with Crippen molar-refractivity contribution >= 4 is 27.9 Å². The summed E-state index contributed by atoms with van der Waals surface area (Å²) in [5, 5.41) is 18.6. The van der Waals surface area contributed by atoms with Crippen LogP contribution < -0.4 is 0 Å². The lowest BCUT2D eigenvalue weighted by Crippen LogP contribution is -2.30. The van der Waals surface area contributed by atoms with Crippen molar-refractivity contribution < 1.29 is 19.8 Å². The molecule has 100 valence electrons. The van der Waals surface area contributed by atoms with Crippen LogP contribution in [0.4, 0.5) is 0 Å². The molecule has 0 aliphatic heterocycles. The summed E-state index contributed by atoms with van der Waals surface area (Å²) >= 11 is 3.82. The van der Waals surface area contributed by atoms with Crippen molar-refractivity contribution in [2.45, 2.75) is 11.2 Å². The summed E-state index contributed by atoms with van der Waals surface area (Å²) in [6.45, 7) is 0. The van der Waals surface area contributed by atoms with Gasteiger partial charge in [-0.15, -0.1) is 0 Å². The number of hydrogen-bond acceptors (Lipinski definition) is 2. The molecule has 0 aromatic carbocycles. The number of carboxylic acid groups (broad SMARTS) is 2. The van der Waals surface area contributed by atoms with Crippen LogP contribution >= 0.6 is 15.9 Å². The molecular weight excluding hydrogens is 312 g/mol. The van der Waals surface area contributed by atoms with E-state index in [4.69, 9.17) is 0 Å². The highest BCUT2D eigenvalue weighted by atomic mass is 79.9. The third-order valence-electron chi connectivity index (χ3n) is 6.79. The lowest BCUT2D eigenvalue weighted by Gasteiger charge is -2.32. The predicted molar refractivity (Wildman–Crippen MR) is 67.5 cm³/mol. The van der Waals surface area contributed by atoms with Crippen molar-refractivity contribution in [3.05, 3.63) is 11.1 Å². The number of carboxylic acids is 2. The van der Waals surface area contributed by atoms with E-state index in [1.54, 1.807) is 0 Å². The number of hydrogen-bond donors (Lipinski definition) is 2. The van der Waals surface area contributed by atoms with E-state index in [0.717, 1.165) is 11.5 Å². The number of rotatable bonds is 2. The summed E-state index contributed by atoms with van der Waals surface area (Å²) in [6, 6.07) is 0. The third kappa shape index (κ3) is 0.874. The lowest BCUT2D eigenvalue weighted by atomic mass is 9.71. The number of carbonyl (C=O) groups is 2. The third-order valence-corrected chi connectivity index (χ3v) is 8.01.